The number of benzene rings is 2. The van der Waals surface area contributed by atoms with Gasteiger partial charge in [0.25, 0.3) is 0 Å². The van der Waals surface area contributed by atoms with Gasteiger partial charge in [-0.2, -0.15) is 0 Å². The third-order valence-corrected chi connectivity index (χ3v) is 3.41. The molecule has 0 bridgehead atoms. The topological polar surface area (TPSA) is 80.4 Å². The molecular weight excluding hydrogens is 322 g/mol. The van der Waals surface area contributed by atoms with Gasteiger partial charge in [0.1, 0.15) is 6.04 Å². The van der Waals surface area contributed by atoms with Crippen LogP contribution in [0.5, 0.6) is 0 Å². The average Bonchev–Trinajstić information content (AvgIpc) is 2.46. The lowest BCUT2D eigenvalue weighted by Gasteiger charge is -2.08. The molecule has 20 heavy (non-hydrogen) atoms. The van der Waals surface area contributed by atoms with Crippen molar-refractivity contribution >= 4 is 27.7 Å². The Morgan fingerprint density at radius 2 is 1.70 bits per heavy atom. The van der Waals surface area contributed by atoms with Crippen LogP contribution in [0, 0.1) is 0 Å². The van der Waals surface area contributed by atoms with E-state index in [1.807, 2.05) is 0 Å². The molecule has 0 unspecified atom stereocenters. The number of nitrogens with two attached hydrogens (primary N) is 1. The van der Waals surface area contributed by atoms with Crippen molar-refractivity contribution in [2.45, 2.75) is 6.04 Å². The maximum absolute atomic E-state index is 12.3. The zero-order valence-electron chi connectivity index (χ0n) is 10.4. The zero-order valence-corrected chi connectivity index (χ0v) is 12.0. The molecule has 4 nitrogen and oxygen atoms in total. The Labute approximate surface area is 124 Å². The summed E-state index contributed by atoms with van der Waals surface area (Å²) in [6, 6.07) is 12.2. The second-order valence-corrected chi connectivity index (χ2v) is 5.19. The second kappa shape index (κ2) is 5.98. The summed E-state index contributed by atoms with van der Waals surface area (Å²) in [5.74, 6) is -1.30. The summed E-state index contributed by atoms with van der Waals surface area (Å²) in [7, 11) is 0. The maximum Gasteiger partial charge on any atom is 0.325 e. The highest BCUT2D eigenvalue weighted by Crippen LogP contribution is 2.17. The molecule has 2 rings (SSSR count). The molecule has 0 heterocycles. The zero-order chi connectivity index (χ0) is 14.7. The Hall–Kier alpha value is -1.98. The normalized spacial score (nSPS) is 11.9. The largest absolute Gasteiger partial charge is 0.480 e. The van der Waals surface area contributed by atoms with Crippen LogP contribution in [-0.4, -0.2) is 16.9 Å². The van der Waals surface area contributed by atoms with Gasteiger partial charge in [0, 0.05) is 15.6 Å². The van der Waals surface area contributed by atoms with Gasteiger partial charge in [-0.3, -0.25) is 9.59 Å². The quantitative estimate of drug-likeness (QED) is 0.843. The monoisotopic (exact) mass is 333 g/mol. The minimum Gasteiger partial charge on any atom is -0.480 e. The fourth-order valence-electron chi connectivity index (χ4n) is 1.78. The highest BCUT2D eigenvalue weighted by atomic mass is 79.9. The first-order chi connectivity index (χ1) is 9.49. The van der Waals surface area contributed by atoms with Gasteiger partial charge in [0.15, 0.2) is 5.78 Å². The van der Waals surface area contributed by atoms with Crippen molar-refractivity contribution in [3.8, 4) is 0 Å². The van der Waals surface area contributed by atoms with Crippen molar-refractivity contribution in [1.82, 2.24) is 0 Å². The van der Waals surface area contributed by atoms with Crippen molar-refractivity contribution in [3.63, 3.8) is 0 Å². The molecule has 0 aliphatic heterocycles. The molecule has 0 spiro atoms. The van der Waals surface area contributed by atoms with E-state index in [2.05, 4.69) is 15.9 Å². The van der Waals surface area contributed by atoms with E-state index in [0.717, 1.165) is 4.47 Å². The van der Waals surface area contributed by atoms with E-state index < -0.39 is 12.0 Å². The van der Waals surface area contributed by atoms with Crippen LogP contribution in [0.15, 0.2) is 53.0 Å². The van der Waals surface area contributed by atoms with Gasteiger partial charge in [0.2, 0.25) is 0 Å². The molecule has 3 N–H and O–H groups in total. The summed E-state index contributed by atoms with van der Waals surface area (Å²) in [5.41, 5.74) is 6.91. The Kier molecular flexibility index (Phi) is 4.32. The first-order valence-electron chi connectivity index (χ1n) is 5.87. The summed E-state index contributed by atoms with van der Waals surface area (Å²) in [6.07, 6.45) is 0. The van der Waals surface area contributed by atoms with Gasteiger partial charge in [-0.25, -0.2) is 0 Å². The molecule has 5 heteroatoms. The molecule has 0 fully saturated rings. The average molecular weight is 334 g/mol. The number of aliphatic carboxylic acids is 1. The number of rotatable bonds is 4. The first-order valence-corrected chi connectivity index (χ1v) is 6.67. The number of carboxylic acid groups (broad SMARTS) is 1. The molecule has 102 valence electrons. The van der Waals surface area contributed by atoms with Crippen molar-refractivity contribution in [2.75, 3.05) is 0 Å². The molecule has 0 aromatic heterocycles. The molecule has 2 aromatic rings. The fraction of sp³-hybridized carbons (Fsp3) is 0.0667. The third kappa shape index (κ3) is 3.12. The van der Waals surface area contributed by atoms with Gasteiger partial charge in [-0.15, -0.1) is 0 Å². The van der Waals surface area contributed by atoms with Crippen LogP contribution >= 0.6 is 15.9 Å². The number of ketones is 1. The van der Waals surface area contributed by atoms with E-state index in [0.29, 0.717) is 16.7 Å². The van der Waals surface area contributed by atoms with E-state index in [4.69, 9.17) is 10.8 Å². The van der Waals surface area contributed by atoms with Crippen LogP contribution < -0.4 is 5.73 Å². The minimum atomic E-state index is -1.13. The van der Waals surface area contributed by atoms with Crippen LogP contribution in [0.1, 0.15) is 27.5 Å². The molecule has 0 saturated carbocycles. The van der Waals surface area contributed by atoms with Gasteiger partial charge >= 0.3 is 5.97 Å². The second-order valence-electron chi connectivity index (χ2n) is 4.28. The lowest BCUT2D eigenvalue weighted by Crippen LogP contribution is -2.20. The number of carbonyl (C=O) groups excluding carboxylic acids is 1. The standard InChI is InChI=1S/C15H12BrNO3/c16-12-6-4-9(5-7-12)14(18)11-3-1-2-10(8-11)13(17)15(19)20/h1-8,13H,17H2,(H,19,20)/t13-/m0/s1. The van der Waals surface area contributed by atoms with Gasteiger partial charge in [-0.05, 0) is 35.9 Å². The maximum atomic E-state index is 12.3. The van der Waals surface area contributed by atoms with E-state index in [1.54, 1.807) is 42.5 Å². The van der Waals surface area contributed by atoms with Crippen molar-refractivity contribution in [3.05, 3.63) is 69.7 Å². The predicted octanol–water partition coefficient (Wildman–Crippen LogP) is 2.76. The third-order valence-electron chi connectivity index (χ3n) is 2.88. The fourth-order valence-corrected chi connectivity index (χ4v) is 2.05. The molecule has 0 aliphatic carbocycles. The molecule has 2 aromatic carbocycles. The highest BCUT2D eigenvalue weighted by Gasteiger charge is 2.16. The smallest absolute Gasteiger partial charge is 0.325 e. The van der Waals surface area contributed by atoms with Crippen LogP contribution in [0.25, 0.3) is 0 Å². The number of carbonyl (C=O) groups is 2. The number of carboxylic acids is 1. The minimum absolute atomic E-state index is 0.170. The van der Waals surface area contributed by atoms with Gasteiger partial charge in [-0.1, -0.05) is 34.1 Å². The van der Waals surface area contributed by atoms with E-state index >= 15 is 0 Å². The SMILES string of the molecule is N[C@H](C(=O)O)c1cccc(C(=O)c2ccc(Br)cc2)c1. The van der Waals surface area contributed by atoms with Gasteiger partial charge in [0.05, 0.1) is 0 Å². The summed E-state index contributed by atoms with van der Waals surface area (Å²) < 4.78 is 0.885. The molecular formula is C15H12BrNO3. The highest BCUT2D eigenvalue weighted by molar-refractivity contribution is 9.10. The van der Waals surface area contributed by atoms with E-state index in [1.165, 1.54) is 6.07 Å². The Morgan fingerprint density at radius 1 is 1.05 bits per heavy atom. The van der Waals surface area contributed by atoms with Crippen LogP contribution in [0.2, 0.25) is 0 Å². The molecule has 0 saturated heterocycles. The van der Waals surface area contributed by atoms with Crippen molar-refractivity contribution in [1.29, 1.82) is 0 Å². The van der Waals surface area contributed by atoms with Crippen molar-refractivity contribution in [2.24, 2.45) is 5.73 Å². The number of hydrogen-bond acceptors (Lipinski definition) is 3. The van der Waals surface area contributed by atoms with Crippen LogP contribution in [-0.2, 0) is 4.79 Å². The van der Waals surface area contributed by atoms with Gasteiger partial charge < -0.3 is 10.8 Å². The van der Waals surface area contributed by atoms with E-state index in [9.17, 15) is 9.59 Å². The number of halogens is 1. The van der Waals surface area contributed by atoms with Crippen LogP contribution in [0.4, 0.5) is 0 Å². The Bertz CT molecular complexity index is 652. The van der Waals surface area contributed by atoms with Crippen molar-refractivity contribution < 1.29 is 14.7 Å². The predicted molar refractivity (Wildman–Crippen MR) is 78.6 cm³/mol. The Balaban J connectivity index is 2.33. The molecule has 1 atom stereocenters. The number of hydrogen-bond donors (Lipinski definition) is 2. The lowest BCUT2D eigenvalue weighted by atomic mass is 9.99. The summed E-state index contributed by atoms with van der Waals surface area (Å²) in [6.45, 7) is 0. The summed E-state index contributed by atoms with van der Waals surface area (Å²) >= 11 is 3.30. The summed E-state index contributed by atoms with van der Waals surface area (Å²) in [4.78, 5) is 23.2. The molecule has 0 radical (unpaired) electrons. The first kappa shape index (κ1) is 14.4. The molecule has 0 aliphatic rings. The van der Waals surface area contributed by atoms with E-state index in [-0.39, 0.29) is 5.78 Å². The lowest BCUT2D eigenvalue weighted by molar-refractivity contribution is -0.138. The summed E-state index contributed by atoms with van der Waals surface area (Å²) in [5, 5.41) is 8.90. The van der Waals surface area contributed by atoms with Crippen LogP contribution in [0.3, 0.4) is 0 Å². The Morgan fingerprint density at radius 3 is 2.30 bits per heavy atom. The molecule has 0 amide bonds.